The van der Waals surface area contributed by atoms with Crippen molar-refractivity contribution < 1.29 is 0 Å². The number of rotatable bonds is 3. The number of hydrogen-bond acceptors (Lipinski definition) is 4. The molecule has 0 fully saturated rings. The minimum atomic E-state index is -0.295. The van der Waals surface area contributed by atoms with Crippen molar-refractivity contribution in [2.75, 3.05) is 5.73 Å². The molecule has 0 spiro atoms. The summed E-state index contributed by atoms with van der Waals surface area (Å²) < 4.78 is 0. The molecular weight excluding hydrogens is 206 g/mol. The highest BCUT2D eigenvalue weighted by Gasteiger charge is 2.08. The maximum atomic E-state index is 11.5. The predicted molar refractivity (Wildman–Crippen MR) is 62.1 cm³/mol. The van der Waals surface area contributed by atoms with Gasteiger partial charge < -0.3 is 10.7 Å². The van der Waals surface area contributed by atoms with Crippen molar-refractivity contribution in [3.8, 4) is 0 Å². The SMILES string of the molecule is C=C(C)CCc1nc2nc(N)[nH]c(=O)c2[nH]1. The molecule has 0 aliphatic rings. The number of hydrogen-bond donors (Lipinski definition) is 3. The van der Waals surface area contributed by atoms with Gasteiger partial charge in [-0.05, 0) is 13.3 Å². The van der Waals surface area contributed by atoms with Gasteiger partial charge in [-0.1, -0.05) is 5.57 Å². The zero-order valence-corrected chi connectivity index (χ0v) is 9.00. The summed E-state index contributed by atoms with van der Waals surface area (Å²) >= 11 is 0. The average Bonchev–Trinajstić information content (AvgIpc) is 2.57. The second-order valence-electron chi connectivity index (χ2n) is 3.79. The van der Waals surface area contributed by atoms with Crippen molar-refractivity contribution >= 4 is 17.1 Å². The lowest BCUT2D eigenvalue weighted by Gasteiger charge is -1.94. The monoisotopic (exact) mass is 219 g/mol. The quantitative estimate of drug-likeness (QED) is 0.662. The van der Waals surface area contributed by atoms with Gasteiger partial charge >= 0.3 is 0 Å². The Labute approximate surface area is 91.6 Å². The molecule has 0 bridgehead atoms. The number of anilines is 1. The van der Waals surface area contributed by atoms with E-state index in [1.807, 2.05) is 6.92 Å². The lowest BCUT2D eigenvalue weighted by Crippen LogP contribution is -2.10. The third-order valence-corrected chi connectivity index (χ3v) is 2.22. The Morgan fingerprint density at radius 2 is 2.19 bits per heavy atom. The van der Waals surface area contributed by atoms with Gasteiger partial charge in [-0.15, -0.1) is 6.58 Å². The number of nitrogens with two attached hydrogens (primary N) is 1. The summed E-state index contributed by atoms with van der Waals surface area (Å²) in [7, 11) is 0. The summed E-state index contributed by atoms with van der Waals surface area (Å²) in [5, 5.41) is 0. The number of aryl methyl sites for hydroxylation is 1. The molecule has 6 nitrogen and oxygen atoms in total. The molecule has 2 heterocycles. The maximum Gasteiger partial charge on any atom is 0.278 e. The summed E-state index contributed by atoms with van der Waals surface area (Å²) in [6.07, 6.45) is 1.54. The van der Waals surface area contributed by atoms with E-state index < -0.39 is 0 Å². The van der Waals surface area contributed by atoms with Crippen molar-refractivity contribution in [2.24, 2.45) is 0 Å². The minimum absolute atomic E-state index is 0.0791. The predicted octanol–water partition coefficient (Wildman–Crippen LogP) is 0.737. The molecule has 84 valence electrons. The van der Waals surface area contributed by atoms with E-state index in [1.165, 1.54) is 0 Å². The molecule has 0 aliphatic heterocycles. The van der Waals surface area contributed by atoms with Gasteiger partial charge in [0.05, 0.1) is 0 Å². The van der Waals surface area contributed by atoms with E-state index in [0.29, 0.717) is 17.6 Å². The van der Waals surface area contributed by atoms with Crippen LogP contribution in [-0.4, -0.2) is 19.9 Å². The van der Waals surface area contributed by atoms with Crippen molar-refractivity contribution in [1.82, 2.24) is 19.9 Å². The molecule has 16 heavy (non-hydrogen) atoms. The Bertz CT molecular complexity index is 595. The first-order chi connectivity index (χ1) is 7.56. The molecular formula is C10H13N5O. The number of nitrogens with zero attached hydrogens (tertiary/aromatic N) is 2. The van der Waals surface area contributed by atoms with Crippen LogP contribution in [0.4, 0.5) is 5.95 Å². The van der Waals surface area contributed by atoms with Gasteiger partial charge in [0.15, 0.2) is 11.2 Å². The van der Waals surface area contributed by atoms with Gasteiger partial charge in [0, 0.05) is 6.42 Å². The summed E-state index contributed by atoms with van der Waals surface area (Å²) in [6.45, 7) is 5.76. The summed E-state index contributed by atoms with van der Waals surface area (Å²) in [6, 6.07) is 0. The zero-order valence-electron chi connectivity index (χ0n) is 9.00. The standard InChI is InChI=1S/C10H13N5O/c1-5(2)3-4-6-12-7-8(13-6)14-10(11)15-9(7)16/h1,3-4H2,2H3,(H4,11,12,13,14,15,16). The number of imidazole rings is 1. The van der Waals surface area contributed by atoms with Crippen LogP contribution in [0.15, 0.2) is 16.9 Å². The number of H-pyrrole nitrogens is 2. The zero-order chi connectivity index (χ0) is 11.7. The fourth-order valence-corrected chi connectivity index (χ4v) is 1.42. The molecule has 2 aromatic heterocycles. The first kappa shape index (κ1) is 10.4. The smallest absolute Gasteiger partial charge is 0.278 e. The van der Waals surface area contributed by atoms with Crippen LogP contribution >= 0.6 is 0 Å². The first-order valence-corrected chi connectivity index (χ1v) is 4.95. The lowest BCUT2D eigenvalue weighted by atomic mass is 10.2. The highest BCUT2D eigenvalue weighted by Crippen LogP contribution is 2.08. The Hall–Kier alpha value is -2.11. The maximum absolute atomic E-state index is 11.5. The Morgan fingerprint density at radius 1 is 1.44 bits per heavy atom. The van der Waals surface area contributed by atoms with E-state index >= 15 is 0 Å². The molecule has 2 aromatic rings. The molecule has 0 unspecified atom stereocenters. The minimum Gasteiger partial charge on any atom is -0.369 e. The fourth-order valence-electron chi connectivity index (χ4n) is 1.42. The molecule has 0 aliphatic carbocycles. The molecule has 0 saturated heterocycles. The van der Waals surface area contributed by atoms with Crippen molar-refractivity contribution in [1.29, 1.82) is 0 Å². The Kier molecular flexibility index (Phi) is 2.47. The van der Waals surface area contributed by atoms with E-state index in [2.05, 4.69) is 26.5 Å². The molecule has 0 radical (unpaired) electrons. The fraction of sp³-hybridized carbons (Fsp3) is 0.300. The Morgan fingerprint density at radius 3 is 2.88 bits per heavy atom. The number of aromatic amines is 2. The number of allylic oxidation sites excluding steroid dienone is 1. The normalized spacial score (nSPS) is 10.8. The number of nitrogens with one attached hydrogen (secondary N) is 2. The van der Waals surface area contributed by atoms with Crippen LogP contribution in [0.1, 0.15) is 19.2 Å². The van der Waals surface area contributed by atoms with Crippen molar-refractivity contribution in [3.05, 3.63) is 28.3 Å². The highest BCUT2D eigenvalue weighted by atomic mass is 16.1. The van der Waals surface area contributed by atoms with Crippen molar-refractivity contribution in [2.45, 2.75) is 19.8 Å². The first-order valence-electron chi connectivity index (χ1n) is 4.95. The van der Waals surface area contributed by atoms with Crippen LogP contribution in [0.5, 0.6) is 0 Å². The van der Waals surface area contributed by atoms with E-state index in [9.17, 15) is 4.79 Å². The van der Waals surface area contributed by atoms with Crippen LogP contribution in [0.25, 0.3) is 11.2 Å². The molecule has 4 N–H and O–H groups in total. The molecule has 0 atom stereocenters. The van der Waals surface area contributed by atoms with E-state index in [1.54, 1.807) is 0 Å². The lowest BCUT2D eigenvalue weighted by molar-refractivity contribution is 0.880. The van der Waals surface area contributed by atoms with Gasteiger partial charge in [0.25, 0.3) is 5.56 Å². The van der Waals surface area contributed by atoms with Gasteiger partial charge in [-0.25, -0.2) is 4.98 Å². The summed E-state index contributed by atoms with van der Waals surface area (Å²) in [5.74, 6) is 0.803. The second-order valence-corrected chi connectivity index (χ2v) is 3.79. The third-order valence-electron chi connectivity index (χ3n) is 2.22. The van der Waals surface area contributed by atoms with Crippen molar-refractivity contribution in [3.63, 3.8) is 0 Å². The summed E-state index contributed by atoms with van der Waals surface area (Å²) in [4.78, 5) is 25.0. The highest BCUT2D eigenvalue weighted by molar-refractivity contribution is 5.70. The number of fused-ring (bicyclic) bond motifs is 1. The van der Waals surface area contributed by atoms with Crippen LogP contribution in [0.3, 0.4) is 0 Å². The van der Waals surface area contributed by atoms with E-state index in [-0.39, 0.29) is 11.5 Å². The largest absolute Gasteiger partial charge is 0.369 e. The third kappa shape index (κ3) is 1.95. The second kappa shape index (κ2) is 3.80. The van der Waals surface area contributed by atoms with E-state index in [4.69, 9.17) is 5.73 Å². The van der Waals surface area contributed by atoms with Crippen LogP contribution < -0.4 is 11.3 Å². The molecule has 6 heteroatoms. The van der Waals surface area contributed by atoms with E-state index in [0.717, 1.165) is 17.8 Å². The Balaban J connectivity index is 2.40. The molecule has 0 aromatic carbocycles. The van der Waals surface area contributed by atoms with Gasteiger partial charge in [-0.2, -0.15) is 4.98 Å². The van der Waals surface area contributed by atoms with Gasteiger partial charge in [0.1, 0.15) is 5.82 Å². The molecule has 0 saturated carbocycles. The van der Waals surface area contributed by atoms with Crippen LogP contribution in [-0.2, 0) is 6.42 Å². The molecule has 0 amide bonds. The average molecular weight is 219 g/mol. The van der Waals surface area contributed by atoms with Gasteiger partial charge in [-0.3, -0.25) is 9.78 Å². The van der Waals surface area contributed by atoms with Crippen LogP contribution in [0, 0.1) is 0 Å². The topological polar surface area (TPSA) is 100 Å². The summed E-state index contributed by atoms with van der Waals surface area (Å²) in [5.41, 5.74) is 6.92. The molecule has 2 rings (SSSR count). The van der Waals surface area contributed by atoms with Gasteiger partial charge in [0.2, 0.25) is 5.95 Å². The van der Waals surface area contributed by atoms with Crippen LogP contribution in [0.2, 0.25) is 0 Å². The number of nitrogen functional groups attached to an aromatic ring is 1. The number of aromatic nitrogens is 4.